The molecule has 186 valence electrons. The van der Waals surface area contributed by atoms with Gasteiger partial charge in [-0.2, -0.15) is 0 Å². The molecule has 1 aliphatic heterocycles. The Labute approximate surface area is 212 Å². The maximum atomic E-state index is 13.4. The van der Waals surface area contributed by atoms with Crippen molar-refractivity contribution >= 4 is 22.9 Å². The molecule has 1 fully saturated rings. The molecule has 0 aliphatic carbocycles. The minimum absolute atomic E-state index is 0.0235. The number of piperidine rings is 1. The van der Waals surface area contributed by atoms with Crippen molar-refractivity contribution in [3.05, 3.63) is 95.8 Å². The van der Waals surface area contributed by atoms with Gasteiger partial charge in [0.15, 0.2) is 0 Å². The highest BCUT2D eigenvalue weighted by atomic mass is 19.1. The first-order valence-corrected chi connectivity index (χ1v) is 12.9. The van der Waals surface area contributed by atoms with Gasteiger partial charge < -0.3 is 14.8 Å². The minimum Gasteiger partial charge on any atom is -0.353 e. The molecule has 1 atom stereocenters. The van der Waals surface area contributed by atoms with Gasteiger partial charge in [-0.25, -0.2) is 9.37 Å². The summed E-state index contributed by atoms with van der Waals surface area (Å²) in [4.78, 5) is 20.2. The van der Waals surface area contributed by atoms with Crippen molar-refractivity contribution in [2.75, 3.05) is 18.0 Å². The summed E-state index contributed by atoms with van der Waals surface area (Å²) < 4.78 is 15.6. The molecule has 1 N–H and O–H groups in total. The van der Waals surface area contributed by atoms with Crippen LogP contribution in [0.15, 0.2) is 78.9 Å². The number of hydrogen-bond donors (Lipinski definition) is 1. The molecule has 1 saturated heterocycles. The van der Waals surface area contributed by atoms with Gasteiger partial charge in [0.2, 0.25) is 11.9 Å². The van der Waals surface area contributed by atoms with E-state index in [1.54, 1.807) is 0 Å². The van der Waals surface area contributed by atoms with Crippen LogP contribution in [-0.4, -0.2) is 34.6 Å². The Bertz CT molecular complexity index is 1290. The third-order valence-corrected chi connectivity index (χ3v) is 7.13. The number of amides is 1. The van der Waals surface area contributed by atoms with Gasteiger partial charge in [0, 0.05) is 25.0 Å². The molecule has 1 aliphatic rings. The predicted molar refractivity (Wildman–Crippen MR) is 143 cm³/mol. The molecule has 0 radical (unpaired) electrons. The number of anilines is 1. The smallest absolute Gasteiger partial charge is 0.223 e. The van der Waals surface area contributed by atoms with Crippen molar-refractivity contribution in [2.24, 2.45) is 5.92 Å². The summed E-state index contributed by atoms with van der Waals surface area (Å²) in [6, 6.07) is 25.3. The number of aromatic nitrogens is 2. The molecule has 1 amide bonds. The van der Waals surface area contributed by atoms with Gasteiger partial charge in [0.05, 0.1) is 17.6 Å². The van der Waals surface area contributed by atoms with Crippen LogP contribution in [0, 0.1) is 11.7 Å². The van der Waals surface area contributed by atoms with Gasteiger partial charge in [-0.3, -0.25) is 4.79 Å². The van der Waals surface area contributed by atoms with E-state index in [0.29, 0.717) is 6.54 Å². The number of imidazole rings is 1. The van der Waals surface area contributed by atoms with Crippen molar-refractivity contribution in [3.63, 3.8) is 0 Å². The first-order chi connectivity index (χ1) is 17.6. The highest BCUT2D eigenvalue weighted by Crippen LogP contribution is 2.28. The van der Waals surface area contributed by atoms with Crippen LogP contribution in [0.1, 0.15) is 37.3 Å². The van der Waals surface area contributed by atoms with E-state index < -0.39 is 0 Å². The number of halogens is 1. The van der Waals surface area contributed by atoms with Crippen LogP contribution in [0.4, 0.5) is 10.3 Å². The number of benzene rings is 3. The maximum Gasteiger partial charge on any atom is 0.223 e. The zero-order valence-corrected chi connectivity index (χ0v) is 20.7. The Kier molecular flexibility index (Phi) is 7.31. The summed E-state index contributed by atoms with van der Waals surface area (Å²) in [6.45, 7) is 4.27. The van der Waals surface area contributed by atoms with E-state index >= 15 is 0 Å². The fourth-order valence-corrected chi connectivity index (χ4v) is 5.03. The van der Waals surface area contributed by atoms with Crippen molar-refractivity contribution in [1.29, 1.82) is 0 Å². The molecule has 5 nitrogen and oxygen atoms in total. The molecule has 36 heavy (non-hydrogen) atoms. The van der Waals surface area contributed by atoms with Crippen LogP contribution in [0.3, 0.4) is 0 Å². The second-order valence-electron chi connectivity index (χ2n) is 9.81. The van der Waals surface area contributed by atoms with E-state index in [2.05, 4.69) is 52.0 Å². The largest absolute Gasteiger partial charge is 0.353 e. The molecule has 5 rings (SSSR count). The zero-order chi connectivity index (χ0) is 24.9. The normalized spacial score (nSPS) is 15.2. The molecule has 0 saturated carbocycles. The van der Waals surface area contributed by atoms with E-state index in [1.165, 1.54) is 17.7 Å². The summed E-state index contributed by atoms with van der Waals surface area (Å²) in [7, 11) is 0. The lowest BCUT2D eigenvalue weighted by Gasteiger charge is -2.33. The van der Waals surface area contributed by atoms with E-state index in [-0.39, 0.29) is 23.7 Å². The van der Waals surface area contributed by atoms with Crippen LogP contribution in [0.2, 0.25) is 0 Å². The second kappa shape index (κ2) is 10.9. The standard InChI is InChI=1S/C30H33FN4O/c1-22(11-12-23-7-3-2-4-8-23)32-29(36)25-17-19-34(20-18-25)30-33-27-9-5-6-10-28(27)35(30)21-24-13-15-26(31)16-14-24/h2-10,13-16,22,25H,11-12,17-21H2,1H3,(H,32,36)/t22-/m1/s1. The minimum atomic E-state index is -0.232. The predicted octanol–water partition coefficient (Wildman–Crippen LogP) is 5.58. The van der Waals surface area contributed by atoms with Gasteiger partial charge in [0.1, 0.15) is 5.82 Å². The molecule has 0 spiro atoms. The Hall–Kier alpha value is -3.67. The fraction of sp³-hybridized carbons (Fsp3) is 0.333. The van der Waals surface area contributed by atoms with Gasteiger partial charge in [-0.1, -0.05) is 54.6 Å². The van der Waals surface area contributed by atoms with Crippen LogP contribution >= 0.6 is 0 Å². The Balaban J connectivity index is 1.22. The van der Waals surface area contributed by atoms with Crippen molar-refractivity contribution in [1.82, 2.24) is 14.9 Å². The van der Waals surface area contributed by atoms with Gasteiger partial charge in [0.25, 0.3) is 0 Å². The number of nitrogens with zero attached hydrogens (tertiary/aromatic N) is 3. The molecule has 0 unspecified atom stereocenters. The molecule has 1 aromatic heterocycles. The SMILES string of the molecule is C[C@H](CCc1ccccc1)NC(=O)C1CCN(c2nc3ccccc3n2Cc2ccc(F)cc2)CC1. The molecule has 2 heterocycles. The van der Waals surface area contributed by atoms with Gasteiger partial charge in [-0.05, 0) is 68.0 Å². The topological polar surface area (TPSA) is 50.2 Å². The van der Waals surface area contributed by atoms with Crippen molar-refractivity contribution < 1.29 is 9.18 Å². The van der Waals surface area contributed by atoms with E-state index in [9.17, 15) is 9.18 Å². The Morgan fingerprint density at radius 3 is 2.42 bits per heavy atom. The number of hydrogen-bond acceptors (Lipinski definition) is 3. The third-order valence-electron chi connectivity index (χ3n) is 7.13. The number of para-hydroxylation sites is 2. The summed E-state index contributed by atoms with van der Waals surface area (Å²) in [5.74, 6) is 0.866. The third kappa shape index (κ3) is 5.59. The number of fused-ring (bicyclic) bond motifs is 1. The van der Waals surface area contributed by atoms with E-state index in [4.69, 9.17) is 4.98 Å². The lowest BCUT2D eigenvalue weighted by molar-refractivity contribution is -0.126. The summed E-state index contributed by atoms with van der Waals surface area (Å²) in [5.41, 5.74) is 4.33. The van der Waals surface area contributed by atoms with Crippen LogP contribution in [-0.2, 0) is 17.8 Å². The maximum absolute atomic E-state index is 13.4. The van der Waals surface area contributed by atoms with Crippen molar-refractivity contribution in [2.45, 2.75) is 45.2 Å². The van der Waals surface area contributed by atoms with E-state index in [1.807, 2.05) is 36.4 Å². The lowest BCUT2D eigenvalue weighted by Crippen LogP contribution is -2.43. The quantitative estimate of drug-likeness (QED) is 0.355. The molecule has 6 heteroatoms. The Morgan fingerprint density at radius 2 is 1.67 bits per heavy atom. The van der Waals surface area contributed by atoms with Gasteiger partial charge >= 0.3 is 0 Å². The summed E-state index contributed by atoms with van der Waals surface area (Å²) >= 11 is 0. The molecular formula is C30H33FN4O. The highest BCUT2D eigenvalue weighted by molar-refractivity contribution is 5.80. The number of nitrogens with one attached hydrogen (secondary N) is 1. The highest BCUT2D eigenvalue weighted by Gasteiger charge is 2.28. The van der Waals surface area contributed by atoms with Crippen LogP contribution in [0.25, 0.3) is 11.0 Å². The average molecular weight is 485 g/mol. The monoisotopic (exact) mass is 484 g/mol. The Morgan fingerprint density at radius 1 is 0.972 bits per heavy atom. The lowest BCUT2D eigenvalue weighted by atomic mass is 9.95. The fourth-order valence-electron chi connectivity index (χ4n) is 5.03. The summed E-state index contributed by atoms with van der Waals surface area (Å²) in [5, 5.41) is 3.24. The number of carbonyl (C=O) groups excluding carboxylic acids is 1. The van der Waals surface area contributed by atoms with Crippen LogP contribution in [0.5, 0.6) is 0 Å². The second-order valence-corrected chi connectivity index (χ2v) is 9.81. The first-order valence-electron chi connectivity index (χ1n) is 12.9. The van der Waals surface area contributed by atoms with Crippen LogP contribution < -0.4 is 10.2 Å². The number of aryl methyl sites for hydroxylation is 1. The van der Waals surface area contributed by atoms with Crippen molar-refractivity contribution in [3.8, 4) is 0 Å². The zero-order valence-electron chi connectivity index (χ0n) is 20.7. The molecule has 0 bridgehead atoms. The molecular weight excluding hydrogens is 451 g/mol. The van der Waals surface area contributed by atoms with E-state index in [0.717, 1.165) is 61.3 Å². The average Bonchev–Trinajstić information content (AvgIpc) is 3.27. The summed E-state index contributed by atoms with van der Waals surface area (Å²) in [6.07, 6.45) is 3.50. The number of carbonyl (C=O) groups is 1. The first kappa shape index (κ1) is 24.0. The van der Waals surface area contributed by atoms with Gasteiger partial charge in [-0.15, -0.1) is 0 Å². The molecule has 3 aromatic carbocycles. The number of rotatable bonds is 8. The molecule has 4 aromatic rings.